The number of rotatable bonds is 2. The summed E-state index contributed by atoms with van der Waals surface area (Å²) in [5.74, 6) is -0.429. The van der Waals surface area contributed by atoms with Crippen LogP contribution in [0.5, 0.6) is 5.75 Å². The smallest absolute Gasteiger partial charge is 0.406 e. The van der Waals surface area contributed by atoms with E-state index in [0.717, 1.165) is 12.1 Å². The summed E-state index contributed by atoms with van der Waals surface area (Å²) in [4.78, 5) is 0. The van der Waals surface area contributed by atoms with Crippen molar-refractivity contribution in [2.45, 2.75) is 12.9 Å². The van der Waals surface area contributed by atoms with E-state index in [1.807, 2.05) is 0 Å². The number of ether oxygens (including phenoxy) is 1. The zero-order chi connectivity index (χ0) is 11.6. The highest BCUT2D eigenvalue weighted by Crippen LogP contribution is 2.31. The van der Waals surface area contributed by atoms with Crippen LogP contribution in [-0.4, -0.2) is 6.36 Å². The van der Waals surface area contributed by atoms with Gasteiger partial charge in [0, 0.05) is 12.6 Å². The van der Waals surface area contributed by atoms with Crippen molar-refractivity contribution in [1.82, 2.24) is 0 Å². The van der Waals surface area contributed by atoms with Crippen LogP contribution in [0.3, 0.4) is 0 Å². The first-order chi connectivity index (χ1) is 6.83. The van der Waals surface area contributed by atoms with Crippen molar-refractivity contribution in [3.63, 3.8) is 0 Å². The van der Waals surface area contributed by atoms with Crippen molar-refractivity contribution in [2.24, 2.45) is 5.73 Å². The molecule has 0 amide bonds. The minimum Gasteiger partial charge on any atom is -0.406 e. The number of nitrogens with two attached hydrogens (primary N) is 2. The fourth-order valence-electron chi connectivity index (χ4n) is 1.01. The van der Waals surface area contributed by atoms with E-state index >= 15 is 0 Å². The summed E-state index contributed by atoms with van der Waals surface area (Å²) in [5, 5.41) is -0.0165. The molecule has 0 saturated carbocycles. The van der Waals surface area contributed by atoms with E-state index in [2.05, 4.69) is 4.74 Å². The SMILES string of the molecule is NCc1cc(OC(F)(F)F)cc(Cl)c1N. The van der Waals surface area contributed by atoms with E-state index in [9.17, 15) is 13.2 Å². The fraction of sp³-hybridized carbons (Fsp3) is 0.250. The number of benzene rings is 1. The minimum absolute atomic E-state index is 0.0133. The molecule has 0 aliphatic rings. The normalized spacial score (nSPS) is 11.5. The summed E-state index contributed by atoms with van der Waals surface area (Å²) < 4.78 is 39.3. The van der Waals surface area contributed by atoms with Crippen LogP contribution in [0.15, 0.2) is 12.1 Å². The second-order valence-corrected chi connectivity index (χ2v) is 3.14. The molecule has 7 heteroatoms. The van der Waals surface area contributed by atoms with E-state index in [4.69, 9.17) is 23.1 Å². The molecule has 0 heterocycles. The van der Waals surface area contributed by atoms with Crippen LogP contribution in [0, 0.1) is 0 Å². The Morgan fingerprint density at radius 1 is 1.33 bits per heavy atom. The molecule has 4 N–H and O–H groups in total. The van der Waals surface area contributed by atoms with Crippen LogP contribution in [0.25, 0.3) is 0 Å². The van der Waals surface area contributed by atoms with Gasteiger partial charge in [0.1, 0.15) is 5.75 Å². The molecule has 0 saturated heterocycles. The van der Waals surface area contributed by atoms with E-state index in [1.54, 1.807) is 0 Å². The van der Waals surface area contributed by atoms with Crippen molar-refractivity contribution >= 4 is 17.3 Å². The largest absolute Gasteiger partial charge is 0.573 e. The fourth-order valence-corrected chi connectivity index (χ4v) is 1.24. The van der Waals surface area contributed by atoms with Gasteiger partial charge in [-0.25, -0.2) is 0 Å². The first kappa shape index (κ1) is 11.9. The maximum absolute atomic E-state index is 11.9. The quantitative estimate of drug-likeness (QED) is 0.780. The second kappa shape index (κ2) is 4.16. The molecule has 84 valence electrons. The molecule has 0 atom stereocenters. The molecule has 1 aromatic rings. The molecule has 1 rings (SSSR count). The van der Waals surface area contributed by atoms with Crippen LogP contribution < -0.4 is 16.2 Å². The Labute approximate surface area is 88.8 Å². The third-order valence-electron chi connectivity index (χ3n) is 1.64. The summed E-state index contributed by atoms with van der Waals surface area (Å²) in [6.45, 7) is -0.0133. The zero-order valence-corrected chi connectivity index (χ0v) is 8.19. The molecule has 0 fully saturated rings. The number of hydrogen-bond donors (Lipinski definition) is 2. The lowest BCUT2D eigenvalue weighted by Gasteiger charge is -2.12. The topological polar surface area (TPSA) is 61.3 Å². The molecule has 0 aliphatic heterocycles. The van der Waals surface area contributed by atoms with Crippen molar-refractivity contribution < 1.29 is 17.9 Å². The Bertz CT molecular complexity index is 368. The number of halogens is 4. The van der Waals surface area contributed by atoms with Crippen LogP contribution in [0.4, 0.5) is 18.9 Å². The summed E-state index contributed by atoms with van der Waals surface area (Å²) >= 11 is 5.60. The summed E-state index contributed by atoms with van der Waals surface area (Å²) in [7, 11) is 0. The van der Waals surface area contributed by atoms with Gasteiger partial charge in [-0.2, -0.15) is 0 Å². The maximum atomic E-state index is 11.9. The van der Waals surface area contributed by atoms with Gasteiger partial charge in [0.15, 0.2) is 0 Å². The van der Waals surface area contributed by atoms with Gasteiger partial charge in [0.2, 0.25) is 0 Å². The Kier molecular flexibility index (Phi) is 3.31. The Hall–Kier alpha value is -1.14. The molecule has 3 nitrogen and oxygen atoms in total. The first-order valence-electron chi connectivity index (χ1n) is 3.87. The Morgan fingerprint density at radius 3 is 2.40 bits per heavy atom. The minimum atomic E-state index is -4.76. The average Bonchev–Trinajstić information content (AvgIpc) is 2.08. The first-order valence-corrected chi connectivity index (χ1v) is 4.25. The van der Waals surface area contributed by atoms with Gasteiger partial charge in [-0.3, -0.25) is 0 Å². The van der Waals surface area contributed by atoms with E-state index < -0.39 is 12.1 Å². The predicted octanol–water partition coefficient (Wildman–Crippen LogP) is 2.28. The summed E-state index contributed by atoms with van der Waals surface area (Å²) in [5.41, 5.74) is 11.2. The second-order valence-electron chi connectivity index (χ2n) is 2.73. The van der Waals surface area contributed by atoms with Crippen LogP contribution in [0.1, 0.15) is 5.56 Å². The van der Waals surface area contributed by atoms with E-state index in [0.29, 0.717) is 5.56 Å². The highest BCUT2D eigenvalue weighted by Gasteiger charge is 2.31. The predicted molar refractivity (Wildman–Crippen MR) is 50.4 cm³/mol. The van der Waals surface area contributed by atoms with Crippen LogP contribution >= 0.6 is 11.6 Å². The van der Waals surface area contributed by atoms with Gasteiger partial charge in [-0.15, -0.1) is 13.2 Å². The van der Waals surface area contributed by atoms with Crippen LogP contribution in [-0.2, 0) is 6.54 Å². The number of hydrogen-bond acceptors (Lipinski definition) is 3. The Balaban J connectivity index is 3.06. The van der Waals surface area contributed by atoms with E-state index in [1.165, 1.54) is 0 Å². The average molecular weight is 241 g/mol. The highest BCUT2D eigenvalue weighted by molar-refractivity contribution is 6.33. The van der Waals surface area contributed by atoms with Gasteiger partial charge in [-0.05, 0) is 11.6 Å². The summed E-state index contributed by atoms with van der Waals surface area (Å²) in [6.07, 6.45) is -4.76. The van der Waals surface area contributed by atoms with Crippen molar-refractivity contribution in [3.8, 4) is 5.75 Å². The summed E-state index contributed by atoms with van der Waals surface area (Å²) in [6, 6.07) is 2.10. The highest BCUT2D eigenvalue weighted by atomic mass is 35.5. The molecule has 0 aromatic heterocycles. The molecule has 15 heavy (non-hydrogen) atoms. The standard InChI is InChI=1S/C8H8ClF3N2O/c9-6-2-5(15-8(10,11)12)1-4(3-13)7(6)14/h1-2H,3,13-14H2. The van der Waals surface area contributed by atoms with E-state index in [-0.39, 0.29) is 17.3 Å². The van der Waals surface area contributed by atoms with Gasteiger partial charge in [0.25, 0.3) is 0 Å². The van der Waals surface area contributed by atoms with Gasteiger partial charge in [0.05, 0.1) is 10.7 Å². The van der Waals surface area contributed by atoms with Crippen molar-refractivity contribution in [3.05, 3.63) is 22.7 Å². The maximum Gasteiger partial charge on any atom is 0.573 e. The van der Waals surface area contributed by atoms with Crippen LogP contribution in [0.2, 0.25) is 5.02 Å². The lowest BCUT2D eigenvalue weighted by molar-refractivity contribution is -0.274. The molecular weight excluding hydrogens is 233 g/mol. The monoisotopic (exact) mass is 240 g/mol. The molecule has 0 unspecified atom stereocenters. The molecule has 0 aliphatic carbocycles. The number of anilines is 1. The van der Waals surface area contributed by atoms with Crippen molar-refractivity contribution in [1.29, 1.82) is 0 Å². The molecule has 1 aromatic carbocycles. The molecule has 0 radical (unpaired) electrons. The van der Waals surface area contributed by atoms with Gasteiger partial charge < -0.3 is 16.2 Å². The Morgan fingerprint density at radius 2 is 1.93 bits per heavy atom. The van der Waals surface area contributed by atoms with Gasteiger partial charge >= 0.3 is 6.36 Å². The zero-order valence-electron chi connectivity index (χ0n) is 7.44. The number of alkyl halides is 3. The van der Waals surface area contributed by atoms with Crippen molar-refractivity contribution in [2.75, 3.05) is 5.73 Å². The molecular formula is C8H8ClF3N2O. The van der Waals surface area contributed by atoms with Gasteiger partial charge in [-0.1, -0.05) is 11.6 Å². The molecule has 0 spiro atoms. The number of nitrogen functional groups attached to an aromatic ring is 1. The third-order valence-corrected chi connectivity index (χ3v) is 1.95. The lowest BCUT2D eigenvalue weighted by Crippen LogP contribution is -2.17. The third kappa shape index (κ3) is 3.17. The molecule has 0 bridgehead atoms. The lowest BCUT2D eigenvalue weighted by atomic mass is 10.1.